The zero-order valence-corrected chi connectivity index (χ0v) is 8.08. The highest BCUT2D eigenvalue weighted by Gasteiger charge is 2.01. The van der Waals surface area contributed by atoms with Gasteiger partial charge in [0, 0.05) is 16.3 Å². The average Bonchev–Trinajstić information content (AvgIpc) is 2.05. The first-order valence-corrected chi connectivity index (χ1v) is 4.63. The largest absolute Gasteiger partial charge is 0.265 e. The Balaban J connectivity index is 2.75. The third-order valence-electron chi connectivity index (χ3n) is 1.43. The van der Waals surface area contributed by atoms with E-state index in [1.807, 2.05) is 12.4 Å². The van der Waals surface area contributed by atoms with E-state index in [1.54, 1.807) is 0 Å². The summed E-state index contributed by atoms with van der Waals surface area (Å²) in [5.41, 5.74) is 1.37. The lowest BCUT2D eigenvalue weighted by molar-refractivity contribution is 0.924. The van der Waals surface area contributed by atoms with Gasteiger partial charge in [-0.05, 0) is 24.1 Å². The molecule has 0 amide bonds. The number of aromatic nitrogens is 1. The molecule has 0 saturated heterocycles. The number of rotatable bonds is 2. The first-order valence-electron chi connectivity index (χ1n) is 3.38. The van der Waals surface area contributed by atoms with Gasteiger partial charge < -0.3 is 0 Å². The van der Waals surface area contributed by atoms with E-state index in [9.17, 15) is 0 Å². The zero-order valence-electron chi connectivity index (χ0n) is 5.92. The van der Waals surface area contributed by atoms with E-state index in [0.717, 1.165) is 0 Å². The predicted octanol–water partition coefficient (Wildman–Crippen LogP) is 2.97. The fourth-order valence-electron chi connectivity index (χ4n) is 0.808. The van der Waals surface area contributed by atoms with Crippen molar-refractivity contribution in [2.75, 3.05) is 0 Å². The Morgan fingerprint density at radius 1 is 1.50 bits per heavy atom. The number of hydrogen-bond acceptors (Lipinski definition) is 1. The molecule has 0 aliphatic heterocycles. The Kier molecular flexibility index (Phi) is 3.12. The molecule has 0 fully saturated rings. The molecule has 0 aliphatic carbocycles. The number of hydrogen-bond donors (Lipinski definition) is 0. The molecule has 1 rings (SSSR count). The van der Waals surface area contributed by atoms with Crippen molar-refractivity contribution in [3.63, 3.8) is 0 Å². The van der Waals surface area contributed by atoms with Crippen LogP contribution in [0.5, 0.6) is 0 Å². The number of alkyl halides is 1. The lowest BCUT2D eigenvalue weighted by Crippen LogP contribution is -1.85. The number of nitrogens with zero attached hydrogens (tertiary/aromatic N) is 1. The van der Waals surface area contributed by atoms with Gasteiger partial charge in [-0.2, -0.15) is 0 Å². The fraction of sp³-hybridized carbons (Fsp3) is 0.375. The van der Waals surface area contributed by atoms with Crippen LogP contribution in [0.25, 0.3) is 0 Å². The maximum absolute atomic E-state index is 3.96. The molecule has 1 unspecified atom stereocenters. The van der Waals surface area contributed by atoms with Gasteiger partial charge in [0.15, 0.2) is 0 Å². The molecule has 2 heteroatoms. The molecule has 0 aliphatic rings. The SMILES string of the molecule is CCC(I)c1ccncc1. The second kappa shape index (κ2) is 3.91. The van der Waals surface area contributed by atoms with Crippen molar-refractivity contribution in [1.82, 2.24) is 4.98 Å². The lowest BCUT2D eigenvalue weighted by Gasteiger charge is -2.04. The third kappa shape index (κ3) is 1.94. The van der Waals surface area contributed by atoms with Gasteiger partial charge in [0.2, 0.25) is 0 Å². The number of halogens is 1. The molecule has 1 heterocycles. The second-order valence-electron chi connectivity index (χ2n) is 2.16. The summed E-state index contributed by atoms with van der Waals surface area (Å²) in [6, 6.07) is 4.14. The standard InChI is InChI=1S/C8H10IN/c1-2-8(9)7-3-5-10-6-4-7/h3-6,8H,2H2,1H3. The van der Waals surface area contributed by atoms with Crippen LogP contribution in [-0.2, 0) is 0 Å². The molecule has 0 radical (unpaired) electrons. The molecule has 10 heavy (non-hydrogen) atoms. The quantitative estimate of drug-likeness (QED) is 0.578. The van der Waals surface area contributed by atoms with Crippen LogP contribution in [0, 0.1) is 0 Å². The van der Waals surface area contributed by atoms with Gasteiger partial charge in [0.05, 0.1) is 0 Å². The molecule has 1 nitrogen and oxygen atoms in total. The highest BCUT2D eigenvalue weighted by Crippen LogP contribution is 2.25. The topological polar surface area (TPSA) is 12.9 Å². The van der Waals surface area contributed by atoms with Crippen molar-refractivity contribution in [1.29, 1.82) is 0 Å². The van der Waals surface area contributed by atoms with Crippen molar-refractivity contribution in [2.24, 2.45) is 0 Å². The molecule has 54 valence electrons. The van der Waals surface area contributed by atoms with Crippen LogP contribution in [0.1, 0.15) is 22.8 Å². The van der Waals surface area contributed by atoms with Crippen LogP contribution < -0.4 is 0 Å². The maximum atomic E-state index is 3.96. The minimum atomic E-state index is 0.639. The van der Waals surface area contributed by atoms with Gasteiger partial charge in [-0.25, -0.2) is 0 Å². The van der Waals surface area contributed by atoms with E-state index in [4.69, 9.17) is 0 Å². The molecule has 1 aromatic heterocycles. The van der Waals surface area contributed by atoms with E-state index in [2.05, 4.69) is 46.6 Å². The Morgan fingerprint density at radius 2 is 2.10 bits per heavy atom. The Bertz CT molecular complexity index is 186. The Morgan fingerprint density at radius 3 is 2.60 bits per heavy atom. The van der Waals surface area contributed by atoms with Gasteiger partial charge in [0.25, 0.3) is 0 Å². The molecule has 0 bridgehead atoms. The van der Waals surface area contributed by atoms with Crippen molar-refractivity contribution in [2.45, 2.75) is 17.3 Å². The summed E-state index contributed by atoms with van der Waals surface area (Å²) in [6.45, 7) is 2.19. The lowest BCUT2D eigenvalue weighted by atomic mass is 10.2. The van der Waals surface area contributed by atoms with Gasteiger partial charge in [-0.15, -0.1) is 0 Å². The van der Waals surface area contributed by atoms with Crippen LogP contribution in [0.15, 0.2) is 24.5 Å². The van der Waals surface area contributed by atoms with Crippen LogP contribution in [0.2, 0.25) is 0 Å². The average molecular weight is 247 g/mol. The van der Waals surface area contributed by atoms with Crippen molar-refractivity contribution in [3.05, 3.63) is 30.1 Å². The van der Waals surface area contributed by atoms with Gasteiger partial charge in [0.1, 0.15) is 0 Å². The van der Waals surface area contributed by atoms with E-state index in [1.165, 1.54) is 12.0 Å². The van der Waals surface area contributed by atoms with E-state index < -0.39 is 0 Å². The molecule has 0 N–H and O–H groups in total. The van der Waals surface area contributed by atoms with E-state index in [-0.39, 0.29) is 0 Å². The summed E-state index contributed by atoms with van der Waals surface area (Å²) in [6.07, 6.45) is 4.87. The first-order chi connectivity index (χ1) is 4.84. The van der Waals surface area contributed by atoms with Gasteiger partial charge in [-0.3, -0.25) is 4.98 Å². The highest BCUT2D eigenvalue weighted by molar-refractivity contribution is 14.1. The van der Waals surface area contributed by atoms with Crippen LogP contribution in [0.3, 0.4) is 0 Å². The minimum Gasteiger partial charge on any atom is -0.265 e. The van der Waals surface area contributed by atoms with Crippen LogP contribution in [-0.4, -0.2) is 4.98 Å². The predicted molar refractivity (Wildman–Crippen MR) is 51.3 cm³/mol. The molecule has 0 saturated carbocycles. The molecule has 0 aromatic carbocycles. The number of pyridine rings is 1. The van der Waals surface area contributed by atoms with Crippen molar-refractivity contribution < 1.29 is 0 Å². The maximum Gasteiger partial charge on any atom is 0.0358 e. The fourth-order valence-corrected chi connectivity index (χ4v) is 1.22. The summed E-state index contributed by atoms with van der Waals surface area (Å²) in [4.78, 5) is 3.96. The minimum absolute atomic E-state index is 0.639. The highest BCUT2D eigenvalue weighted by atomic mass is 127. The summed E-state index contributed by atoms with van der Waals surface area (Å²) in [5, 5.41) is 0. The van der Waals surface area contributed by atoms with E-state index in [0.29, 0.717) is 3.92 Å². The normalized spacial score (nSPS) is 13.0. The Labute approximate surface area is 75.0 Å². The molecule has 1 atom stereocenters. The zero-order chi connectivity index (χ0) is 7.40. The van der Waals surface area contributed by atoms with Crippen molar-refractivity contribution >= 4 is 22.6 Å². The smallest absolute Gasteiger partial charge is 0.0358 e. The second-order valence-corrected chi connectivity index (χ2v) is 3.66. The molecular weight excluding hydrogens is 237 g/mol. The van der Waals surface area contributed by atoms with E-state index >= 15 is 0 Å². The van der Waals surface area contributed by atoms with Crippen LogP contribution >= 0.6 is 22.6 Å². The van der Waals surface area contributed by atoms with Crippen LogP contribution in [0.4, 0.5) is 0 Å². The Hall–Kier alpha value is -0.120. The first kappa shape index (κ1) is 7.98. The molecule has 1 aromatic rings. The third-order valence-corrected chi connectivity index (χ3v) is 3.03. The summed E-state index contributed by atoms with van der Waals surface area (Å²) >= 11 is 2.44. The summed E-state index contributed by atoms with van der Waals surface area (Å²) < 4.78 is 0.639. The molecule has 0 spiro atoms. The summed E-state index contributed by atoms with van der Waals surface area (Å²) in [5.74, 6) is 0. The van der Waals surface area contributed by atoms with Gasteiger partial charge in [-0.1, -0.05) is 29.5 Å². The van der Waals surface area contributed by atoms with Crippen molar-refractivity contribution in [3.8, 4) is 0 Å². The summed E-state index contributed by atoms with van der Waals surface area (Å²) in [7, 11) is 0. The monoisotopic (exact) mass is 247 g/mol. The van der Waals surface area contributed by atoms with Gasteiger partial charge >= 0.3 is 0 Å². The molecular formula is C8H10IN.